The van der Waals surface area contributed by atoms with Crippen LogP contribution in [0.2, 0.25) is 5.02 Å². The minimum absolute atomic E-state index is 0.168. The van der Waals surface area contributed by atoms with Crippen LogP contribution in [-0.2, 0) is 4.74 Å². The van der Waals surface area contributed by atoms with E-state index in [1.54, 1.807) is 7.11 Å². The van der Waals surface area contributed by atoms with Crippen molar-refractivity contribution in [3.05, 3.63) is 100 Å². The largest absolute Gasteiger partial charge is 0.490 e. The van der Waals surface area contributed by atoms with E-state index in [0.29, 0.717) is 29.1 Å². The molecular formula is C29H30ClN5O2S. The van der Waals surface area contributed by atoms with Gasteiger partial charge in [0.15, 0.2) is 5.11 Å². The van der Waals surface area contributed by atoms with Gasteiger partial charge in [-0.15, -0.1) is 0 Å². The predicted octanol–water partition coefficient (Wildman–Crippen LogP) is 6.05. The number of halogens is 1. The molecule has 0 bridgehead atoms. The van der Waals surface area contributed by atoms with Crippen molar-refractivity contribution in [1.29, 1.82) is 0 Å². The van der Waals surface area contributed by atoms with Crippen molar-refractivity contribution in [2.45, 2.75) is 32.9 Å². The fraction of sp³-hybridized carbons (Fsp3) is 0.276. The normalized spacial score (nSPS) is 17.1. The first kappa shape index (κ1) is 26.2. The van der Waals surface area contributed by atoms with Gasteiger partial charge in [-0.2, -0.15) is 0 Å². The lowest BCUT2D eigenvalue weighted by atomic mass is 9.96. The van der Waals surface area contributed by atoms with E-state index in [9.17, 15) is 0 Å². The summed E-state index contributed by atoms with van der Waals surface area (Å²) < 4.78 is 13.1. The number of anilines is 1. The van der Waals surface area contributed by atoms with E-state index < -0.39 is 0 Å². The van der Waals surface area contributed by atoms with E-state index in [-0.39, 0.29) is 12.1 Å². The van der Waals surface area contributed by atoms with Crippen molar-refractivity contribution in [2.75, 3.05) is 25.2 Å². The van der Waals surface area contributed by atoms with Gasteiger partial charge in [0.2, 0.25) is 0 Å². The van der Waals surface area contributed by atoms with Crippen LogP contribution in [0, 0.1) is 20.8 Å². The molecule has 0 amide bonds. The minimum atomic E-state index is -0.169. The van der Waals surface area contributed by atoms with E-state index in [4.69, 9.17) is 33.3 Å². The average molecular weight is 548 g/mol. The van der Waals surface area contributed by atoms with Gasteiger partial charge in [-0.3, -0.25) is 4.98 Å². The summed E-state index contributed by atoms with van der Waals surface area (Å²) in [6.07, 6.45) is 3.64. The number of thiocarbonyl (C=S) groups is 1. The summed E-state index contributed by atoms with van der Waals surface area (Å²) in [6.45, 7) is 7.22. The van der Waals surface area contributed by atoms with Crippen molar-refractivity contribution in [1.82, 2.24) is 19.9 Å². The first-order valence-corrected chi connectivity index (χ1v) is 13.2. The number of nitrogens with one attached hydrogen (secondary N) is 1. The van der Waals surface area contributed by atoms with Gasteiger partial charge in [0.1, 0.15) is 18.2 Å². The van der Waals surface area contributed by atoms with Crippen LogP contribution >= 0.6 is 23.8 Å². The summed E-state index contributed by atoms with van der Waals surface area (Å²) in [5.41, 5.74) is 6.21. The Morgan fingerprint density at radius 1 is 1.00 bits per heavy atom. The van der Waals surface area contributed by atoms with Gasteiger partial charge in [-0.1, -0.05) is 23.7 Å². The lowest BCUT2D eigenvalue weighted by molar-refractivity contribution is 0.146. The summed E-state index contributed by atoms with van der Waals surface area (Å²) >= 11 is 12.6. The van der Waals surface area contributed by atoms with Crippen LogP contribution in [0.4, 0.5) is 5.69 Å². The summed E-state index contributed by atoms with van der Waals surface area (Å²) in [4.78, 5) is 11.5. The number of rotatable bonds is 8. The second kappa shape index (κ2) is 11.1. The third kappa shape index (κ3) is 4.87. The van der Waals surface area contributed by atoms with Crippen molar-refractivity contribution >= 4 is 34.6 Å². The van der Waals surface area contributed by atoms with Crippen LogP contribution in [-0.4, -0.2) is 40.0 Å². The minimum Gasteiger partial charge on any atom is -0.490 e. The number of hydrogen-bond donors (Lipinski definition) is 1. The lowest BCUT2D eigenvalue weighted by Crippen LogP contribution is -2.29. The van der Waals surface area contributed by atoms with E-state index in [1.807, 2.05) is 54.9 Å². The third-order valence-electron chi connectivity index (χ3n) is 6.82. The zero-order valence-electron chi connectivity index (χ0n) is 21.8. The van der Waals surface area contributed by atoms with Crippen LogP contribution in [0.25, 0.3) is 5.82 Å². The molecule has 2 unspecified atom stereocenters. The molecule has 1 aromatic carbocycles. The van der Waals surface area contributed by atoms with E-state index in [2.05, 4.69) is 57.7 Å². The number of nitrogens with zero attached hydrogens (tertiary/aromatic N) is 4. The molecule has 4 aromatic rings. The van der Waals surface area contributed by atoms with Gasteiger partial charge in [0.05, 0.1) is 29.4 Å². The predicted molar refractivity (Wildman–Crippen MR) is 155 cm³/mol. The molecule has 1 N–H and O–H groups in total. The highest BCUT2D eigenvalue weighted by atomic mass is 35.5. The Morgan fingerprint density at radius 2 is 1.82 bits per heavy atom. The lowest BCUT2D eigenvalue weighted by Gasteiger charge is -2.28. The molecule has 38 heavy (non-hydrogen) atoms. The number of aromatic nitrogens is 3. The van der Waals surface area contributed by atoms with E-state index in [1.165, 1.54) is 0 Å². The summed E-state index contributed by atoms with van der Waals surface area (Å²) in [7, 11) is 1.64. The van der Waals surface area contributed by atoms with Crippen LogP contribution < -0.4 is 15.0 Å². The molecular weight excluding hydrogens is 518 g/mol. The number of ether oxygens (including phenoxy) is 2. The first-order chi connectivity index (χ1) is 18.4. The molecule has 196 valence electrons. The molecule has 0 radical (unpaired) electrons. The maximum absolute atomic E-state index is 6.66. The van der Waals surface area contributed by atoms with Gasteiger partial charge >= 0.3 is 0 Å². The zero-order valence-corrected chi connectivity index (χ0v) is 23.4. The molecule has 0 spiro atoms. The summed E-state index contributed by atoms with van der Waals surface area (Å²) in [6, 6.07) is 17.6. The Balaban J connectivity index is 1.61. The van der Waals surface area contributed by atoms with Crippen LogP contribution in [0.3, 0.4) is 0 Å². The maximum atomic E-state index is 6.66. The molecule has 1 saturated heterocycles. The second-order valence-corrected chi connectivity index (χ2v) is 10.1. The van der Waals surface area contributed by atoms with E-state index in [0.717, 1.165) is 39.7 Å². The van der Waals surface area contributed by atoms with E-state index >= 15 is 0 Å². The molecule has 7 nitrogen and oxygen atoms in total. The third-order valence-corrected chi connectivity index (χ3v) is 7.43. The summed E-state index contributed by atoms with van der Waals surface area (Å²) in [5.74, 6) is 1.52. The molecule has 1 aliphatic rings. The molecule has 9 heteroatoms. The van der Waals surface area contributed by atoms with Crippen molar-refractivity contribution in [3.8, 4) is 11.6 Å². The average Bonchev–Trinajstić information content (AvgIpc) is 3.41. The Morgan fingerprint density at radius 3 is 2.53 bits per heavy atom. The smallest absolute Gasteiger partial charge is 0.174 e. The van der Waals surface area contributed by atoms with Gasteiger partial charge in [0.25, 0.3) is 0 Å². The van der Waals surface area contributed by atoms with Gasteiger partial charge in [-0.05, 0) is 86.6 Å². The highest BCUT2D eigenvalue weighted by molar-refractivity contribution is 7.80. The van der Waals surface area contributed by atoms with Crippen LogP contribution in [0.5, 0.6) is 5.75 Å². The molecule has 1 fully saturated rings. The number of benzene rings is 1. The van der Waals surface area contributed by atoms with Crippen LogP contribution in [0.1, 0.15) is 40.3 Å². The number of hydrogen-bond acceptors (Lipinski definition) is 5. The molecule has 0 saturated carbocycles. The van der Waals surface area contributed by atoms with Crippen LogP contribution in [0.15, 0.2) is 67.0 Å². The monoisotopic (exact) mass is 547 g/mol. The number of aryl methyl sites for hydroxylation is 2. The SMILES string of the molecule is COCCOc1ccc(N2C(=S)NC(c3ccccn3)C2c2cc(C)n(-c3ncccc3C)c2C)cc1Cl. The highest BCUT2D eigenvalue weighted by Crippen LogP contribution is 2.45. The molecule has 4 heterocycles. The van der Waals surface area contributed by atoms with Gasteiger partial charge in [-0.25, -0.2) is 4.98 Å². The highest BCUT2D eigenvalue weighted by Gasteiger charge is 2.42. The second-order valence-electron chi connectivity index (χ2n) is 9.26. The first-order valence-electron chi connectivity index (χ1n) is 12.4. The van der Waals surface area contributed by atoms with Crippen molar-refractivity contribution in [3.63, 3.8) is 0 Å². The fourth-order valence-corrected chi connectivity index (χ4v) is 5.64. The number of pyridine rings is 2. The van der Waals surface area contributed by atoms with Crippen molar-refractivity contribution in [2.24, 2.45) is 0 Å². The summed E-state index contributed by atoms with van der Waals surface area (Å²) in [5, 5.41) is 4.64. The quantitative estimate of drug-likeness (QED) is 0.213. The molecule has 1 aliphatic heterocycles. The Hall–Kier alpha value is -3.46. The molecule has 3 aromatic heterocycles. The van der Waals surface area contributed by atoms with Crippen molar-refractivity contribution < 1.29 is 9.47 Å². The number of methoxy groups -OCH3 is 1. The fourth-order valence-electron chi connectivity index (χ4n) is 5.07. The van der Waals surface area contributed by atoms with Gasteiger partial charge in [0, 0.05) is 36.6 Å². The molecule has 2 atom stereocenters. The van der Waals surface area contributed by atoms with Gasteiger partial charge < -0.3 is 24.3 Å². The zero-order chi connectivity index (χ0) is 26.8. The Labute approximate surface area is 233 Å². The topological polar surface area (TPSA) is 64.4 Å². The Kier molecular flexibility index (Phi) is 7.65. The maximum Gasteiger partial charge on any atom is 0.174 e. The molecule has 5 rings (SSSR count). The Bertz CT molecular complexity index is 1460. The molecule has 0 aliphatic carbocycles. The standard InChI is InChI=1S/C29H30ClN5O2S/c1-18-8-7-13-32-28(18)34-19(2)16-22(20(34)3)27-26(24-9-5-6-12-31-24)33-29(38)35(27)21-10-11-25(23(30)17-21)37-15-14-36-4/h5-13,16-17,26-27H,14-15H2,1-4H3,(H,33,38).